The van der Waals surface area contributed by atoms with Crippen molar-refractivity contribution in [2.45, 2.75) is 32.7 Å². The van der Waals surface area contributed by atoms with E-state index in [0.717, 1.165) is 17.8 Å². The Hall–Kier alpha value is -2.04. The molecule has 5 nitrogen and oxygen atoms in total. The minimum absolute atomic E-state index is 0.179. The van der Waals surface area contributed by atoms with Gasteiger partial charge in [-0.1, -0.05) is 6.92 Å². The summed E-state index contributed by atoms with van der Waals surface area (Å²) in [6, 6.07) is 3.78. The molecular formula is C14H17N3O2. The number of nitroso groups, excluding NO2 is 1. The monoisotopic (exact) mass is 259 g/mol. The molecule has 1 aromatic carbocycles. The molecule has 0 fully saturated rings. The molecule has 0 aromatic heterocycles. The van der Waals surface area contributed by atoms with Crippen LogP contribution in [0.5, 0.6) is 0 Å². The molecule has 5 heteroatoms. The molecule has 2 rings (SSSR count). The van der Waals surface area contributed by atoms with Crippen LogP contribution in [-0.4, -0.2) is 24.7 Å². The maximum absolute atomic E-state index is 11.7. The number of nitrogens with one attached hydrogen (secondary N) is 1. The van der Waals surface area contributed by atoms with E-state index in [-0.39, 0.29) is 5.92 Å². The number of nitrogens with zero attached hydrogens (tertiary/aromatic N) is 2. The van der Waals surface area contributed by atoms with Gasteiger partial charge in [0.05, 0.1) is 5.56 Å². The highest BCUT2D eigenvalue weighted by Crippen LogP contribution is 2.40. The second-order valence-corrected chi connectivity index (χ2v) is 5.19. The van der Waals surface area contributed by atoms with E-state index >= 15 is 0 Å². The summed E-state index contributed by atoms with van der Waals surface area (Å²) in [5.74, 6) is -0.574. The van der Waals surface area contributed by atoms with Crippen molar-refractivity contribution in [1.82, 2.24) is 0 Å². The minimum atomic E-state index is -0.752. The summed E-state index contributed by atoms with van der Waals surface area (Å²) in [5, 5.41) is 9.89. The average Bonchev–Trinajstić information content (AvgIpc) is 2.74. The Morgan fingerprint density at radius 3 is 2.74 bits per heavy atom. The second-order valence-electron chi connectivity index (χ2n) is 5.19. The molecule has 0 spiro atoms. The molecular weight excluding hydrogens is 242 g/mol. The van der Waals surface area contributed by atoms with Gasteiger partial charge in [-0.15, -0.1) is 4.91 Å². The number of benzene rings is 1. The van der Waals surface area contributed by atoms with Crippen LogP contribution >= 0.6 is 0 Å². The molecule has 1 amide bonds. The molecule has 1 aromatic rings. The van der Waals surface area contributed by atoms with Gasteiger partial charge in [-0.25, -0.2) is 0 Å². The summed E-state index contributed by atoms with van der Waals surface area (Å²) in [6.45, 7) is 7.01. The number of carbonyl (C=O) groups excluding carboxylic acids is 1. The number of rotatable bonds is 3. The van der Waals surface area contributed by atoms with Gasteiger partial charge < -0.3 is 10.3 Å². The van der Waals surface area contributed by atoms with E-state index < -0.39 is 5.91 Å². The van der Waals surface area contributed by atoms with Crippen LogP contribution in [0.15, 0.2) is 17.3 Å². The summed E-state index contributed by atoms with van der Waals surface area (Å²) < 4.78 is 0. The zero-order valence-electron chi connectivity index (χ0n) is 11.3. The summed E-state index contributed by atoms with van der Waals surface area (Å²) in [6.07, 6.45) is 1.18. The molecule has 100 valence electrons. The van der Waals surface area contributed by atoms with E-state index in [1.54, 1.807) is 6.07 Å². The summed E-state index contributed by atoms with van der Waals surface area (Å²) >= 11 is 0. The first-order valence-electron chi connectivity index (χ1n) is 6.32. The molecule has 1 heterocycles. The third kappa shape index (κ3) is 2.16. The van der Waals surface area contributed by atoms with Crippen molar-refractivity contribution in [1.29, 1.82) is 5.41 Å². The van der Waals surface area contributed by atoms with E-state index in [2.05, 4.69) is 23.9 Å². The van der Waals surface area contributed by atoms with Crippen molar-refractivity contribution in [3.63, 3.8) is 0 Å². The van der Waals surface area contributed by atoms with E-state index in [1.165, 1.54) is 6.21 Å². The van der Waals surface area contributed by atoms with Gasteiger partial charge in [0.2, 0.25) is 0 Å². The van der Waals surface area contributed by atoms with Gasteiger partial charge in [0.1, 0.15) is 0 Å². The first-order chi connectivity index (χ1) is 8.99. The lowest BCUT2D eigenvalue weighted by molar-refractivity contribution is 0.0999. The van der Waals surface area contributed by atoms with E-state index in [4.69, 9.17) is 5.41 Å². The lowest BCUT2D eigenvalue weighted by atomic mass is 9.95. The van der Waals surface area contributed by atoms with E-state index in [0.29, 0.717) is 17.2 Å². The third-order valence-corrected chi connectivity index (χ3v) is 3.56. The van der Waals surface area contributed by atoms with Gasteiger partial charge in [0.15, 0.2) is 0 Å². The highest BCUT2D eigenvalue weighted by atomic mass is 16.3. The predicted molar refractivity (Wildman–Crippen MR) is 75.4 cm³/mol. The van der Waals surface area contributed by atoms with Gasteiger partial charge >= 0.3 is 5.91 Å². The molecule has 1 aliphatic rings. The Kier molecular flexibility index (Phi) is 3.46. The molecule has 0 saturated heterocycles. The fourth-order valence-corrected chi connectivity index (χ4v) is 2.70. The Morgan fingerprint density at radius 1 is 1.53 bits per heavy atom. The first-order valence-corrected chi connectivity index (χ1v) is 6.32. The fourth-order valence-electron chi connectivity index (χ4n) is 2.70. The Morgan fingerprint density at radius 2 is 2.21 bits per heavy atom. The Balaban J connectivity index is 2.68. The minimum Gasteiger partial charge on any atom is -0.368 e. The Bertz CT molecular complexity index is 552. The molecule has 0 saturated carbocycles. The number of hydrogen-bond donors (Lipinski definition) is 1. The maximum Gasteiger partial charge on any atom is 0.317 e. The van der Waals surface area contributed by atoms with Gasteiger partial charge in [0, 0.05) is 35.6 Å². The number of carbonyl (C=O) groups is 1. The van der Waals surface area contributed by atoms with Crippen LogP contribution in [0.25, 0.3) is 0 Å². The predicted octanol–water partition coefficient (Wildman–Crippen LogP) is 2.92. The highest BCUT2D eigenvalue weighted by Gasteiger charge is 2.32. The summed E-state index contributed by atoms with van der Waals surface area (Å²) in [4.78, 5) is 24.4. The maximum atomic E-state index is 11.7. The molecule has 0 bridgehead atoms. The number of hydrogen-bond acceptors (Lipinski definition) is 4. The van der Waals surface area contributed by atoms with Crippen molar-refractivity contribution in [3.05, 3.63) is 33.7 Å². The van der Waals surface area contributed by atoms with Gasteiger partial charge in [-0.3, -0.25) is 4.79 Å². The molecule has 19 heavy (non-hydrogen) atoms. The Labute approximate surface area is 112 Å². The lowest BCUT2D eigenvalue weighted by Gasteiger charge is -2.24. The van der Waals surface area contributed by atoms with E-state index in [9.17, 15) is 9.70 Å². The van der Waals surface area contributed by atoms with E-state index in [1.807, 2.05) is 13.0 Å². The molecule has 1 atom stereocenters. The van der Waals surface area contributed by atoms with Crippen LogP contribution < -0.4 is 4.90 Å². The second kappa shape index (κ2) is 4.91. The zero-order chi connectivity index (χ0) is 14.2. The van der Waals surface area contributed by atoms with Crippen molar-refractivity contribution in [3.8, 4) is 0 Å². The van der Waals surface area contributed by atoms with Gasteiger partial charge in [-0.05, 0) is 37.1 Å². The largest absolute Gasteiger partial charge is 0.368 e. The topological polar surface area (TPSA) is 73.6 Å². The average molecular weight is 259 g/mol. The summed E-state index contributed by atoms with van der Waals surface area (Å²) in [5.41, 5.74) is 2.77. The number of anilines is 1. The molecule has 0 aliphatic carbocycles. The molecule has 1 N–H and O–H groups in total. The molecule has 1 unspecified atom stereocenters. The first kappa shape index (κ1) is 13.4. The quantitative estimate of drug-likeness (QED) is 0.670. The number of amides is 1. The van der Waals surface area contributed by atoms with Gasteiger partial charge in [0.25, 0.3) is 0 Å². The number of fused-ring (bicyclic) bond motifs is 1. The third-order valence-electron chi connectivity index (χ3n) is 3.56. The standard InChI is InChI=1S/C14H17N3O2/c1-8(2)17-7-9(3)13-11(14(18)16-19)4-10(6-15)5-12(13)17/h4-6,8-9,15H,7H2,1-3H3. The summed E-state index contributed by atoms with van der Waals surface area (Å²) in [7, 11) is 0. The SMILES string of the molecule is CC1CN(C(C)C)c2cc(C=N)cc(C(=O)N=O)c21. The molecule has 0 radical (unpaired) electrons. The van der Waals surface area contributed by atoms with Crippen LogP contribution in [0.3, 0.4) is 0 Å². The van der Waals surface area contributed by atoms with Crippen molar-refractivity contribution >= 4 is 17.8 Å². The van der Waals surface area contributed by atoms with Crippen LogP contribution in [0, 0.1) is 10.3 Å². The smallest absolute Gasteiger partial charge is 0.317 e. The zero-order valence-corrected chi connectivity index (χ0v) is 11.3. The van der Waals surface area contributed by atoms with Crippen molar-refractivity contribution < 1.29 is 4.79 Å². The lowest BCUT2D eigenvalue weighted by Crippen LogP contribution is -2.29. The van der Waals surface area contributed by atoms with Crippen LogP contribution in [0.2, 0.25) is 0 Å². The molecule has 1 aliphatic heterocycles. The highest BCUT2D eigenvalue weighted by molar-refractivity contribution is 6.00. The van der Waals surface area contributed by atoms with Crippen LogP contribution in [-0.2, 0) is 0 Å². The van der Waals surface area contributed by atoms with Crippen molar-refractivity contribution in [2.75, 3.05) is 11.4 Å². The normalized spacial score (nSPS) is 17.5. The fraction of sp³-hybridized carbons (Fsp3) is 0.429. The van der Waals surface area contributed by atoms with Crippen LogP contribution in [0.4, 0.5) is 5.69 Å². The van der Waals surface area contributed by atoms with Gasteiger partial charge in [-0.2, -0.15) is 0 Å². The van der Waals surface area contributed by atoms with Crippen LogP contribution in [0.1, 0.15) is 48.2 Å². The van der Waals surface area contributed by atoms with Crippen molar-refractivity contribution in [2.24, 2.45) is 5.18 Å².